The van der Waals surface area contributed by atoms with Crippen LogP contribution in [0.3, 0.4) is 0 Å². The van der Waals surface area contributed by atoms with Crippen molar-refractivity contribution < 1.29 is 4.79 Å². The molecule has 2 rings (SSSR count). The van der Waals surface area contributed by atoms with Gasteiger partial charge in [-0.1, -0.05) is 35.9 Å². The van der Waals surface area contributed by atoms with E-state index in [1.165, 1.54) is 4.90 Å². The summed E-state index contributed by atoms with van der Waals surface area (Å²) >= 11 is 7.54. The summed E-state index contributed by atoms with van der Waals surface area (Å²) in [7, 11) is 1.95. The van der Waals surface area contributed by atoms with Gasteiger partial charge in [0, 0.05) is 22.0 Å². The lowest BCUT2D eigenvalue weighted by molar-refractivity contribution is 0.0943. The lowest BCUT2D eigenvalue weighted by Crippen LogP contribution is -2.25. The van der Waals surface area contributed by atoms with Crippen LogP contribution in [0.5, 0.6) is 0 Å². The lowest BCUT2D eigenvalue weighted by Gasteiger charge is -2.16. The molecule has 0 aliphatic rings. The first kappa shape index (κ1) is 16.1. The molecule has 0 amide bonds. The number of hydrogen-bond donors (Lipinski definition) is 0. The predicted molar refractivity (Wildman–Crippen MR) is 90.3 cm³/mol. The normalized spacial score (nSPS) is 10.9. The Morgan fingerprint density at radius 1 is 1.10 bits per heavy atom. The number of Topliss-reactive ketones (excluding diaryl/α,β-unsaturated/α-hetero) is 1. The van der Waals surface area contributed by atoms with Gasteiger partial charge in [-0.25, -0.2) is 0 Å². The highest BCUT2D eigenvalue weighted by atomic mass is 35.5. The summed E-state index contributed by atoms with van der Waals surface area (Å²) < 4.78 is 0. The fraction of sp³-hybridized carbons (Fsp3) is 0.235. The Labute approximate surface area is 135 Å². The van der Waals surface area contributed by atoms with Gasteiger partial charge >= 0.3 is 0 Å². The number of carbonyl (C=O) groups is 1. The van der Waals surface area contributed by atoms with Crippen LogP contribution in [0.4, 0.5) is 0 Å². The average molecular weight is 320 g/mol. The zero-order valence-corrected chi connectivity index (χ0v) is 13.7. The Kier molecular flexibility index (Phi) is 5.85. The van der Waals surface area contributed by atoms with Crippen molar-refractivity contribution in [3.05, 3.63) is 64.7 Å². The van der Waals surface area contributed by atoms with Crippen LogP contribution in [-0.4, -0.2) is 30.5 Å². The highest BCUT2D eigenvalue weighted by molar-refractivity contribution is 7.98. The Balaban J connectivity index is 1.93. The molecular formula is C17H18ClNOS. The van der Waals surface area contributed by atoms with E-state index in [1.807, 2.05) is 66.7 Å². The Morgan fingerprint density at radius 3 is 2.29 bits per heavy atom. The van der Waals surface area contributed by atoms with Crippen LogP contribution in [-0.2, 0) is 6.54 Å². The summed E-state index contributed by atoms with van der Waals surface area (Å²) in [6, 6.07) is 15.5. The molecule has 2 aromatic carbocycles. The molecule has 0 N–H and O–H groups in total. The highest BCUT2D eigenvalue weighted by Crippen LogP contribution is 2.16. The van der Waals surface area contributed by atoms with Crippen molar-refractivity contribution in [2.75, 3.05) is 19.8 Å². The number of carbonyl (C=O) groups excluding carboxylic acids is 1. The van der Waals surface area contributed by atoms with Crippen LogP contribution in [0.1, 0.15) is 15.9 Å². The maximum Gasteiger partial charge on any atom is 0.176 e. The minimum atomic E-state index is 0.138. The molecule has 21 heavy (non-hydrogen) atoms. The van der Waals surface area contributed by atoms with Gasteiger partial charge in [0.1, 0.15) is 0 Å². The van der Waals surface area contributed by atoms with Crippen LogP contribution >= 0.6 is 23.4 Å². The van der Waals surface area contributed by atoms with Crippen molar-refractivity contribution in [2.45, 2.75) is 11.4 Å². The van der Waals surface area contributed by atoms with E-state index in [4.69, 9.17) is 11.6 Å². The molecule has 0 bridgehead atoms. The molecule has 0 unspecified atom stereocenters. The van der Waals surface area contributed by atoms with Crippen molar-refractivity contribution in [3.8, 4) is 0 Å². The first-order chi connectivity index (χ1) is 10.1. The van der Waals surface area contributed by atoms with Gasteiger partial charge in [-0.2, -0.15) is 0 Å². The summed E-state index contributed by atoms with van der Waals surface area (Å²) in [5.41, 5.74) is 1.91. The Hall–Kier alpha value is -1.29. The molecule has 2 aromatic rings. The molecular weight excluding hydrogens is 302 g/mol. The fourth-order valence-electron chi connectivity index (χ4n) is 2.07. The third-order valence-corrected chi connectivity index (χ3v) is 4.19. The Morgan fingerprint density at radius 2 is 1.71 bits per heavy atom. The Bertz CT molecular complexity index is 595. The van der Waals surface area contributed by atoms with E-state index >= 15 is 0 Å². The number of nitrogens with zero attached hydrogens (tertiary/aromatic N) is 1. The van der Waals surface area contributed by atoms with Crippen molar-refractivity contribution in [1.82, 2.24) is 4.90 Å². The number of thioether (sulfide) groups is 1. The first-order valence-electron chi connectivity index (χ1n) is 6.68. The number of ketones is 1. The number of rotatable bonds is 6. The lowest BCUT2D eigenvalue weighted by atomic mass is 10.1. The van der Waals surface area contributed by atoms with E-state index in [2.05, 4.69) is 0 Å². The smallest absolute Gasteiger partial charge is 0.176 e. The average Bonchev–Trinajstić information content (AvgIpc) is 2.49. The molecule has 0 atom stereocenters. The largest absolute Gasteiger partial charge is 0.295 e. The highest BCUT2D eigenvalue weighted by Gasteiger charge is 2.09. The zero-order chi connectivity index (χ0) is 15.2. The molecule has 110 valence electrons. The molecule has 0 fully saturated rings. The second kappa shape index (κ2) is 7.64. The monoisotopic (exact) mass is 319 g/mol. The quantitative estimate of drug-likeness (QED) is 0.582. The topological polar surface area (TPSA) is 20.3 Å². The molecule has 0 aliphatic carbocycles. The van der Waals surface area contributed by atoms with E-state index in [1.54, 1.807) is 11.8 Å². The van der Waals surface area contributed by atoms with Crippen LogP contribution in [0, 0.1) is 0 Å². The minimum Gasteiger partial charge on any atom is -0.295 e. The van der Waals surface area contributed by atoms with E-state index in [0.29, 0.717) is 6.54 Å². The maximum atomic E-state index is 12.2. The van der Waals surface area contributed by atoms with Crippen molar-refractivity contribution in [2.24, 2.45) is 0 Å². The second-order valence-electron chi connectivity index (χ2n) is 4.95. The van der Waals surface area contributed by atoms with Gasteiger partial charge in [-0.15, -0.1) is 11.8 Å². The van der Waals surface area contributed by atoms with Crippen molar-refractivity contribution >= 4 is 29.1 Å². The van der Waals surface area contributed by atoms with Crippen molar-refractivity contribution in [3.63, 3.8) is 0 Å². The van der Waals surface area contributed by atoms with Crippen LogP contribution in [0.15, 0.2) is 53.4 Å². The van der Waals surface area contributed by atoms with Crippen LogP contribution < -0.4 is 0 Å². The summed E-state index contributed by atoms with van der Waals surface area (Å²) in [6.45, 7) is 1.13. The van der Waals surface area contributed by atoms with Gasteiger partial charge in [-0.05, 0) is 43.1 Å². The first-order valence-corrected chi connectivity index (χ1v) is 8.29. The van der Waals surface area contributed by atoms with Crippen LogP contribution in [0.2, 0.25) is 5.02 Å². The fourth-order valence-corrected chi connectivity index (χ4v) is 2.60. The summed E-state index contributed by atoms with van der Waals surface area (Å²) in [4.78, 5) is 15.4. The summed E-state index contributed by atoms with van der Waals surface area (Å²) in [5.74, 6) is 0.138. The van der Waals surface area contributed by atoms with Gasteiger partial charge in [0.15, 0.2) is 5.78 Å². The molecule has 2 nitrogen and oxygen atoms in total. The summed E-state index contributed by atoms with van der Waals surface area (Å²) in [5, 5.41) is 0.728. The molecule has 0 saturated heterocycles. The van der Waals surface area contributed by atoms with Gasteiger partial charge in [0.25, 0.3) is 0 Å². The zero-order valence-electron chi connectivity index (χ0n) is 12.2. The van der Waals surface area contributed by atoms with Gasteiger partial charge in [-0.3, -0.25) is 9.69 Å². The number of hydrogen-bond acceptors (Lipinski definition) is 3. The standard InChI is InChI=1S/C17H18ClNOS/c1-19(11-13-3-7-15(18)8-4-13)12-17(20)14-5-9-16(21-2)10-6-14/h3-10H,11-12H2,1-2H3. The third kappa shape index (κ3) is 4.88. The molecule has 0 saturated carbocycles. The van der Waals surface area contributed by atoms with E-state index in [0.717, 1.165) is 22.7 Å². The van der Waals surface area contributed by atoms with Crippen molar-refractivity contribution in [1.29, 1.82) is 0 Å². The van der Waals surface area contributed by atoms with E-state index in [9.17, 15) is 4.79 Å². The van der Waals surface area contributed by atoms with E-state index in [-0.39, 0.29) is 5.78 Å². The van der Waals surface area contributed by atoms with Gasteiger partial charge in [0.2, 0.25) is 0 Å². The summed E-state index contributed by atoms with van der Waals surface area (Å²) in [6.07, 6.45) is 2.02. The molecule has 0 aliphatic heterocycles. The number of halogens is 1. The molecule has 0 radical (unpaired) electrons. The maximum absolute atomic E-state index is 12.2. The molecule has 4 heteroatoms. The molecule has 0 heterocycles. The second-order valence-corrected chi connectivity index (χ2v) is 6.27. The minimum absolute atomic E-state index is 0.138. The number of likely N-dealkylation sites (N-methyl/N-ethyl adjacent to an activating group) is 1. The predicted octanol–water partition coefficient (Wildman–Crippen LogP) is 4.38. The SMILES string of the molecule is CSc1ccc(C(=O)CN(C)Cc2ccc(Cl)cc2)cc1. The van der Waals surface area contributed by atoms with Crippen LogP contribution in [0.25, 0.3) is 0 Å². The van der Waals surface area contributed by atoms with Gasteiger partial charge in [0.05, 0.1) is 6.54 Å². The molecule has 0 spiro atoms. The molecule has 0 aromatic heterocycles. The number of benzene rings is 2. The third-order valence-electron chi connectivity index (χ3n) is 3.19. The van der Waals surface area contributed by atoms with E-state index < -0.39 is 0 Å². The van der Waals surface area contributed by atoms with Gasteiger partial charge < -0.3 is 0 Å².